The Labute approximate surface area is 622 Å². The lowest BCUT2D eigenvalue weighted by Crippen LogP contribution is -2.12. The van der Waals surface area contributed by atoms with E-state index < -0.39 is 140 Å². The Balaban J connectivity index is 0.000000256. The van der Waals surface area contributed by atoms with Crippen LogP contribution in [0.4, 0.5) is 52.7 Å². The van der Waals surface area contributed by atoms with Crippen molar-refractivity contribution in [1.82, 2.24) is 0 Å². The third-order valence-corrected chi connectivity index (χ3v) is 20.6. The van der Waals surface area contributed by atoms with Gasteiger partial charge in [0.1, 0.15) is 83.9 Å². The summed E-state index contributed by atoms with van der Waals surface area (Å²) in [6.07, 6.45) is 11.9. The molecule has 0 fully saturated rings. The van der Waals surface area contributed by atoms with Crippen molar-refractivity contribution in [2.45, 2.75) is 79.2 Å². The van der Waals surface area contributed by atoms with E-state index in [1.807, 2.05) is 36.4 Å². The van der Waals surface area contributed by atoms with Crippen LogP contribution in [0.1, 0.15) is 67.2 Å². The minimum Gasteiger partial charge on any atom is -0.744 e. The predicted octanol–water partition coefficient (Wildman–Crippen LogP) is 17.3. The lowest BCUT2D eigenvalue weighted by molar-refractivity contribution is 0.287. The van der Waals surface area contributed by atoms with Crippen molar-refractivity contribution in [1.29, 1.82) is 0 Å². The number of halogens is 12. The number of hydrogen-bond acceptors (Lipinski definition) is 20. The Kier molecular flexibility index (Phi) is 35.3. The topological polar surface area (TPSA) is 275 Å². The first-order valence-corrected chi connectivity index (χ1v) is 39.5. The van der Waals surface area contributed by atoms with Crippen LogP contribution in [-0.4, -0.2) is 102 Å². The van der Waals surface area contributed by atoms with Gasteiger partial charge in [0.15, 0.2) is 69.8 Å². The van der Waals surface area contributed by atoms with Gasteiger partial charge in [-0.15, -0.1) is 35.3 Å². The fraction of sp³-hybridized carbons (Fsp3) is 0.211. The summed E-state index contributed by atoms with van der Waals surface area (Å²) in [4.78, 5) is -9.84. The standard InChI is InChI=1S/C20H24O5S.C18H16F4O4S2.C17H14F4O4S2.C16H12F4O4S2/c1-2-17-7-9-18(10-8-17)24-15-5-3-4-6-16-25-19-11-13-20(14-12-19)26(21,22)23;1-2-11-5-7-12(8-6-11)26-9-3-4-10-27-17-13(19)15(21)18(28(23,24)25)16(22)14(17)20;1-2-10-4-6-11(7-5-10)25-8-3-9-26-16-12(18)14(20)17(27(22,23)24)15(21)13(16)19;1-2-9-3-5-10(6-4-9)24-7-8-25-15-11(17)13(19)16(26(21,22)23)14(20)12(15)18/h2,7-14H,1,3-6,15-16H2,(H,21,22,23);2,5-8H,1,3-4,9-10H2,(H,23,24,25);2,4-7H,1,3,8-9H2,(H,22,23,24);2-6H,1,7-8H2,(H,21,22,23)/p-4. The van der Waals surface area contributed by atoms with Crippen molar-refractivity contribution in [2.75, 3.05) is 50.3 Å². The van der Waals surface area contributed by atoms with Crippen LogP contribution < -0.4 is 23.7 Å². The zero-order valence-electron chi connectivity index (χ0n) is 55.6. The van der Waals surface area contributed by atoms with E-state index in [1.165, 1.54) is 24.3 Å². The molecule has 8 aromatic carbocycles. The normalized spacial score (nSPS) is 11.4. The highest BCUT2D eigenvalue weighted by Gasteiger charge is 2.32. The lowest BCUT2D eigenvalue weighted by atomic mass is 10.2. The van der Waals surface area contributed by atoms with E-state index in [-0.39, 0.29) is 41.8 Å². The predicted molar refractivity (Wildman–Crippen MR) is 375 cm³/mol. The summed E-state index contributed by atoms with van der Waals surface area (Å²) < 4.78 is 322. The third kappa shape index (κ3) is 27.3. The fourth-order valence-electron chi connectivity index (χ4n) is 8.55. The zero-order chi connectivity index (χ0) is 79.4. The molecule has 0 saturated heterocycles. The molecule has 0 spiro atoms. The van der Waals surface area contributed by atoms with E-state index in [4.69, 9.17) is 23.7 Å². The minimum atomic E-state index is -5.71. The highest BCUT2D eigenvalue weighted by molar-refractivity contribution is 7.99. The maximum Gasteiger partial charge on any atom is 0.180 e. The van der Waals surface area contributed by atoms with E-state index in [0.29, 0.717) is 90.9 Å². The second kappa shape index (κ2) is 42.4. The van der Waals surface area contributed by atoms with Crippen LogP contribution in [-0.2, 0) is 40.5 Å². The van der Waals surface area contributed by atoms with Gasteiger partial charge >= 0.3 is 0 Å². The van der Waals surface area contributed by atoms with Gasteiger partial charge in [0.2, 0.25) is 0 Å². The molecule has 8 aromatic rings. The van der Waals surface area contributed by atoms with E-state index in [9.17, 15) is 105 Å². The molecule has 0 unspecified atom stereocenters. The van der Waals surface area contributed by atoms with Crippen molar-refractivity contribution in [2.24, 2.45) is 0 Å². The van der Waals surface area contributed by atoms with Gasteiger partial charge in [-0.25, -0.2) is 86.4 Å². The summed E-state index contributed by atoms with van der Waals surface area (Å²) in [6, 6.07) is 34.2. The molecule has 0 heterocycles. The SMILES string of the molecule is C=Cc1ccc(OCCCCCCOc2ccc(S(=O)(=O)[O-])cc2)cc1.C=Cc1ccc(OCCCCSc2c(F)c(F)c(S(=O)(=O)[O-])c(F)c2F)cc1.C=Cc1ccc(OCCCSc2c(F)c(F)c(S(=O)(=O)[O-])c(F)c2F)cc1.C=Cc1ccc(OCCSc2c(F)c(F)c(S(=O)(=O)[O-])c(F)c2F)cc1. The minimum absolute atomic E-state index is 0.0287. The summed E-state index contributed by atoms with van der Waals surface area (Å²) in [5, 5.41) is 0. The Bertz CT molecular complexity index is 4750. The molecule has 0 radical (unpaired) electrons. The van der Waals surface area contributed by atoms with Crippen LogP contribution >= 0.6 is 35.3 Å². The van der Waals surface area contributed by atoms with Crippen molar-refractivity contribution >= 4 is 100 Å². The first-order valence-electron chi connectivity index (χ1n) is 30.9. The molecule has 8 rings (SSSR count). The average molecular weight is 1640 g/mol. The Hall–Kier alpha value is -8.43. The molecular formula is C71H62F12O17S7-4. The summed E-state index contributed by atoms with van der Waals surface area (Å²) in [7, 11) is -21.5. The summed E-state index contributed by atoms with van der Waals surface area (Å²) in [5.41, 5.74) is 3.76. The Morgan fingerprint density at radius 1 is 0.271 bits per heavy atom. The molecule has 578 valence electrons. The molecular weight excluding hydrogens is 1580 g/mol. The van der Waals surface area contributed by atoms with Crippen LogP contribution in [0.25, 0.3) is 24.3 Å². The fourth-order valence-corrected chi connectivity index (χ4v) is 13.6. The molecule has 0 aromatic heterocycles. The van der Waals surface area contributed by atoms with Gasteiger partial charge in [0.25, 0.3) is 0 Å². The van der Waals surface area contributed by atoms with E-state index >= 15 is 0 Å². The molecule has 0 saturated carbocycles. The number of rotatable bonds is 35. The molecule has 0 N–H and O–H groups in total. The van der Waals surface area contributed by atoms with Crippen molar-refractivity contribution in [3.63, 3.8) is 0 Å². The van der Waals surface area contributed by atoms with Crippen molar-refractivity contribution < 1.29 is 128 Å². The summed E-state index contributed by atoms with van der Waals surface area (Å²) >= 11 is 1.30. The third-order valence-electron chi connectivity index (χ3n) is 13.9. The quantitative estimate of drug-likeness (QED) is 0.0117. The van der Waals surface area contributed by atoms with Crippen molar-refractivity contribution in [3.05, 3.63) is 240 Å². The molecule has 0 aliphatic rings. The highest BCUT2D eigenvalue weighted by Crippen LogP contribution is 2.37. The molecule has 0 aliphatic heterocycles. The van der Waals surface area contributed by atoms with Crippen molar-refractivity contribution in [3.8, 4) is 28.7 Å². The van der Waals surface area contributed by atoms with Gasteiger partial charge in [0, 0.05) is 11.5 Å². The van der Waals surface area contributed by atoms with Gasteiger partial charge in [-0.05, 0) is 146 Å². The maximum absolute atomic E-state index is 13.9. The van der Waals surface area contributed by atoms with Gasteiger partial charge in [0.05, 0.1) is 52.6 Å². The van der Waals surface area contributed by atoms with E-state index in [2.05, 4.69) is 26.3 Å². The Morgan fingerprint density at radius 3 is 0.729 bits per heavy atom. The lowest BCUT2D eigenvalue weighted by Gasteiger charge is -2.14. The second-order valence-corrected chi connectivity index (χ2v) is 30.0. The van der Waals surface area contributed by atoms with Gasteiger partial charge < -0.3 is 41.9 Å². The van der Waals surface area contributed by atoms with E-state index in [0.717, 1.165) is 53.7 Å². The molecule has 0 amide bonds. The van der Waals surface area contributed by atoms with Crippen LogP contribution in [0, 0.1) is 69.8 Å². The molecule has 0 atom stereocenters. The first-order chi connectivity index (χ1) is 50.5. The van der Waals surface area contributed by atoms with Crippen LogP contribution in [0.3, 0.4) is 0 Å². The second-order valence-electron chi connectivity index (χ2n) is 21.4. The molecule has 36 heteroatoms. The van der Waals surface area contributed by atoms with Gasteiger partial charge in [-0.3, -0.25) is 0 Å². The molecule has 0 aliphatic carbocycles. The van der Waals surface area contributed by atoms with E-state index in [1.54, 1.807) is 85.0 Å². The Morgan fingerprint density at radius 2 is 0.486 bits per heavy atom. The average Bonchev–Trinajstić information content (AvgIpc) is 0.783. The molecule has 107 heavy (non-hydrogen) atoms. The summed E-state index contributed by atoms with van der Waals surface area (Å²) in [6.45, 7) is 16.2. The summed E-state index contributed by atoms with van der Waals surface area (Å²) in [5.74, 6) is -21.8. The van der Waals surface area contributed by atoms with Crippen LogP contribution in [0.5, 0.6) is 28.7 Å². The van der Waals surface area contributed by atoms with Crippen LogP contribution in [0.15, 0.2) is 182 Å². The first kappa shape index (κ1) is 89.2. The maximum atomic E-state index is 13.9. The molecule has 0 bridgehead atoms. The number of hydrogen-bond donors (Lipinski definition) is 0. The highest BCUT2D eigenvalue weighted by atomic mass is 32.2. The zero-order valence-corrected chi connectivity index (χ0v) is 61.3. The number of thioether (sulfide) groups is 3. The molecule has 17 nitrogen and oxygen atoms in total. The number of benzene rings is 8. The monoisotopic (exact) mass is 1640 g/mol. The van der Waals surface area contributed by atoms with Gasteiger partial charge in [-0.2, -0.15) is 0 Å². The van der Waals surface area contributed by atoms with Gasteiger partial charge in [-0.1, -0.05) is 99.2 Å². The number of ether oxygens (including phenoxy) is 5. The van der Waals surface area contributed by atoms with Crippen LogP contribution in [0.2, 0.25) is 0 Å². The smallest absolute Gasteiger partial charge is 0.180 e. The number of unbranched alkanes of at least 4 members (excludes halogenated alkanes) is 4. The largest absolute Gasteiger partial charge is 0.744 e.